The number of nitrogens with two attached hydrogens (primary N) is 1. The van der Waals surface area contributed by atoms with Crippen molar-refractivity contribution >= 4 is 64.6 Å². The summed E-state index contributed by atoms with van der Waals surface area (Å²) in [6.07, 6.45) is 10.9. The zero-order valence-corrected chi connectivity index (χ0v) is 42.0. The summed E-state index contributed by atoms with van der Waals surface area (Å²) in [5.74, 6) is 0.159. The number of carbonyl (C=O) groups excluding carboxylic acids is 5. The molecule has 4 aliphatic rings. The molecule has 0 aromatic heterocycles. The predicted molar refractivity (Wildman–Crippen MR) is 268 cm³/mol. The molecule has 5 amide bonds. The Bertz CT molecular complexity index is 2190. The van der Waals surface area contributed by atoms with Gasteiger partial charge in [-0.25, -0.2) is 4.79 Å². The molecule has 12 nitrogen and oxygen atoms in total. The SMILES string of the molecule is Cc1cc2c(cc1C(=O)N(C(C)C)C1CCCCC1)N(CCN)C(=O)C(C)S2.Cc1cc2c(cc1C(=O)N(C(C)C)C1CCCCC1)N(CCNC(=O)OCc1ccccc1)C(=O)C(C)S2. The third kappa shape index (κ3) is 12.1. The highest BCUT2D eigenvalue weighted by Crippen LogP contribution is 2.43. The van der Waals surface area contributed by atoms with Gasteiger partial charge < -0.3 is 35.4 Å². The lowest BCUT2D eigenvalue weighted by molar-refractivity contribution is -0.118. The van der Waals surface area contributed by atoms with Gasteiger partial charge in [-0.15, -0.1) is 23.5 Å². The summed E-state index contributed by atoms with van der Waals surface area (Å²) in [6, 6.07) is 18.2. The first-order chi connectivity index (χ1) is 31.6. The molecule has 2 aliphatic carbocycles. The van der Waals surface area contributed by atoms with E-state index in [4.69, 9.17) is 10.5 Å². The highest BCUT2D eigenvalue weighted by Gasteiger charge is 2.36. The van der Waals surface area contributed by atoms with Crippen LogP contribution in [0.5, 0.6) is 0 Å². The van der Waals surface area contributed by atoms with Crippen LogP contribution in [0.1, 0.15) is 143 Å². The Hall–Kier alpha value is -4.53. The van der Waals surface area contributed by atoms with Gasteiger partial charge in [-0.05, 0) is 122 Å². The number of rotatable bonds is 13. The lowest BCUT2D eigenvalue weighted by Crippen LogP contribution is -2.46. The highest BCUT2D eigenvalue weighted by molar-refractivity contribution is 8.01. The minimum atomic E-state index is -0.527. The second-order valence-corrected chi connectivity index (χ2v) is 21.5. The Morgan fingerprint density at radius 3 is 1.56 bits per heavy atom. The number of nitrogens with zero attached hydrogens (tertiary/aromatic N) is 4. The fraction of sp³-hybridized carbons (Fsp3) is 0.558. The molecule has 0 radical (unpaired) electrons. The second kappa shape index (κ2) is 23.5. The van der Waals surface area contributed by atoms with Crippen LogP contribution in [-0.4, -0.2) is 100 Å². The van der Waals surface area contributed by atoms with Gasteiger partial charge in [0.1, 0.15) is 6.61 Å². The van der Waals surface area contributed by atoms with Gasteiger partial charge >= 0.3 is 6.09 Å². The summed E-state index contributed by atoms with van der Waals surface area (Å²) < 4.78 is 5.30. The van der Waals surface area contributed by atoms with Gasteiger partial charge in [-0.2, -0.15) is 0 Å². The monoisotopic (exact) mass is 940 g/mol. The van der Waals surface area contributed by atoms with Crippen LogP contribution in [0.4, 0.5) is 16.2 Å². The van der Waals surface area contributed by atoms with Crippen molar-refractivity contribution in [2.24, 2.45) is 5.73 Å². The molecule has 2 atom stereocenters. The van der Waals surface area contributed by atoms with E-state index < -0.39 is 6.09 Å². The van der Waals surface area contributed by atoms with E-state index >= 15 is 0 Å². The molecular formula is C52H72N6O6S2. The number of amides is 5. The lowest BCUT2D eigenvalue weighted by Gasteiger charge is -2.38. The number of hydrogen-bond donors (Lipinski definition) is 2. The van der Waals surface area contributed by atoms with E-state index in [9.17, 15) is 24.0 Å². The number of alkyl carbamates (subject to hydrolysis) is 1. The number of thioether (sulfide) groups is 2. The number of aryl methyl sites for hydroxylation is 2. The van der Waals surface area contributed by atoms with Crippen LogP contribution in [0.2, 0.25) is 0 Å². The number of nitrogens with one attached hydrogen (secondary N) is 1. The molecule has 0 spiro atoms. The first-order valence-corrected chi connectivity index (χ1v) is 25.9. The van der Waals surface area contributed by atoms with Crippen LogP contribution in [0, 0.1) is 13.8 Å². The van der Waals surface area contributed by atoms with Gasteiger partial charge in [0.05, 0.1) is 21.9 Å². The van der Waals surface area contributed by atoms with Crippen LogP contribution < -0.4 is 20.9 Å². The maximum Gasteiger partial charge on any atom is 0.407 e. The lowest BCUT2D eigenvalue weighted by atomic mass is 9.92. The average Bonchev–Trinajstić information content (AvgIpc) is 3.29. The van der Waals surface area contributed by atoms with E-state index in [1.165, 1.54) is 37.4 Å². The molecule has 358 valence electrons. The van der Waals surface area contributed by atoms with E-state index in [1.807, 2.05) is 81.1 Å². The number of hydrogen-bond acceptors (Lipinski definition) is 9. The van der Waals surface area contributed by atoms with Crippen molar-refractivity contribution in [3.63, 3.8) is 0 Å². The third-order valence-electron chi connectivity index (χ3n) is 13.2. The van der Waals surface area contributed by atoms with Gasteiger partial charge in [-0.3, -0.25) is 19.2 Å². The minimum Gasteiger partial charge on any atom is -0.445 e. The summed E-state index contributed by atoms with van der Waals surface area (Å²) >= 11 is 3.09. The van der Waals surface area contributed by atoms with Crippen LogP contribution >= 0.6 is 23.5 Å². The molecule has 2 fully saturated rings. The molecule has 3 aromatic rings. The smallest absolute Gasteiger partial charge is 0.407 e. The van der Waals surface area contributed by atoms with E-state index in [2.05, 4.69) is 44.0 Å². The van der Waals surface area contributed by atoms with E-state index in [0.717, 1.165) is 76.4 Å². The van der Waals surface area contributed by atoms with E-state index in [-0.39, 0.29) is 65.4 Å². The minimum absolute atomic E-state index is 0.0304. The van der Waals surface area contributed by atoms with Crippen molar-refractivity contribution in [1.29, 1.82) is 0 Å². The molecule has 0 bridgehead atoms. The first-order valence-electron chi connectivity index (χ1n) is 24.2. The largest absolute Gasteiger partial charge is 0.445 e. The summed E-state index contributed by atoms with van der Waals surface area (Å²) in [6.45, 7) is 17.8. The van der Waals surface area contributed by atoms with E-state index in [0.29, 0.717) is 36.8 Å². The number of ether oxygens (including phenoxy) is 1. The molecule has 2 saturated carbocycles. The molecule has 2 unspecified atom stereocenters. The third-order valence-corrected chi connectivity index (χ3v) is 15.4. The molecular weight excluding hydrogens is 869 g/mol. The molecule has 7 rings (SSSR count). The van der Waals surface area contributed by atoms with Crippen molar-refractivity contribution in [1.82, 2.24) is 15.1 Å². The Balaban J connectivity index is 0.000000229. The van der Waals surface area contributed by atoms with E-state index in [1.54, 1.807) is 21.6 Å². The first kappa shape index (κ1) is 50.9. The average molecular weight is 941 g/mol. The summed E-state index contributed by atoms with van der Waals surface area (Å²) in [5, 5.41) is 2.38. The number of benzene rings is 3. The molecule has 3 aromatic carbocycles. The Morgan fingerprint density at radius 2 is 1.14 bits per heavy atom. The topological polar surface area (TPSA) is 146 Å². The Morgan fingerprint density at radius 1 is 0.697 bits per heavy atom. The quantitative estimate of drug-likeness (QED) is 0.171. The van der Waals surface area contributed by atoms with Crippen LogP contribution in [0.15, 0.2) is 64.4 Å². The van der Waals surface area contributed by atoms with Gasteiger partial charge in [-0.1, -0.05) is 68.9 Å². The highest BCUT2D eigenvalue weighted by atomic mass is 32.2. The fourth-order valence-electron chi connectivity index (χ4n) is 9.84. The Labute approximate surface area is 401 Å². The molecule has 2 heterocycles. The van der Waals surface area contributed by atoms with Gasteiger partial charge in [0.15, 0.2) is 0 Å². The standard InChI is InChI=1S/C30H39N3O4S.C22H33N3O2S/c1-20(2)33(24-13-9-6-10-14-24)29(35)25-18-26-27(17-21(25)3)38-22(4)28(34)32(26)16-15-31-30(36)37-19-23-11-7-5-8-12-23;1-14(2)25(17-8-6-5-7-9-17)22(27)18-13-19-20(12-15(18)3)28-16(4)21(26)24(19)11-10-23/h5,7-8,11-12,17-18,20,22,24H,6,9-10,13-16,19H2,1-4H3,(H,31,36);12-14,16-17H,5-11,23H2,1-4H3. The maximum atomic E-state index is 13.9. The number of fused-ring (bicyclic) bond motifs is 2. The van der Waals surface area contributed by atoms with Crippen molar-refractivity contribution in [2.75, 3.05) is 36.0 Å². The van der Waals surface area contributed by atoms with Crippen LogP contribution in [-0.2, 0) is 20.9 Å². The Kier molecular flexibility index (Phi) is 18.1. The molecule has 3 N–H and O–H groups in total. The van der Waals surface area contributed by atoms with Crippen molar-refractivity contribution in [2.45, 2.75) is 171 Å². The molecule has 2 aliphatic heterocycles. The van der Waals surface area contributed by atoms with Gasteiger partial charge in [0, 0.05) is 71.3 Å². The molecule has 66 heavy (non-hydrogen) atoms. The predicted octanol–water partition coefficient (Wildman–Crippen LogP) is 9.90. The van der Waals surface area contributed by atoms with Crippen molar-refractivity contribution < 1.29 is 28.7 Å². The number of anilines is 2. The zero-order chi connectivity index (χ0) is 47.7. The summed E-state index contributed by atoms with van der Waals surface area (Å²) in [5.41, 5.74) is 11.5. The molecule has 14 heteroatoms. The maximum absolute atomic E-state index is 13.9. The summed E-state index contributed by atoms with van der Waals surface area (Å²) in [4.78, 5) is 75.2. The van der Waals surface area contributed by atoms with Crippen molar-refractivity contribution in [3.05, 3.63) is 82.4 Å². The fourth-order valence-corrected chi connectivity index (χ4v) is 12.1. The second-order valence-electron chi connectivity index (χ2n) is 18.7. The summed E-state index contributed by atoms with van der Waals surface area (Å²) in [7, 11) is 0. The molecule has 0 saturated heterocycles. The number of carbonyl (C=O) groups is 5. The van der Waals surface area contributed by atoms with Gasteiger partial charge in [0.25, 0.3) is 11.8 Å². The normalized spacial score (nSPS) is 18.9. The van der Waals surface area contributed by atoms with Crippen LogP contribution in [0.25, 0.3) is 0 Å². The van der Waals surface area contributed by atoms with Gasteiger partial charge in [0.2, 0.25) is 11.8 Å². The van der Waals surface area contributed by atoms with Crippen LogP contribution in [0.3, 0.4) is 0 Å². The van der Waals surface area contributed by atoms with Crippen molar-refractivity contribution in [3.8, 4) is 0 Å². The zero-order valence-electron chi connectivity index (χ0n) is 40.4.